The smallest absolute Gasteiger partial charge is 0.120 e. The van der Waals surface area contributed by atoms with Crippen LogP contribution in [0.4, 0.5) is 0 Å². The standard InChI is InChI=1S/C10H10OS2/c1-6-3-7(11-2)4-9-10(6)8(12)5-13-9/h3-5,12H,1-2H3. The van der Waals surface area contributed by atoms with Gasteiger partial charge in [-0.2, -0.15) is 0 Å². The Bertz CT molecular complexity index is 445. The molecule has 0 radical (unpaired) electrons. The first-order valence-electron chi connectivity index (χ1n) is 3.97. The van der Waals surface area contributed by atoms with Crippen molar-refractivity contribution in [3.05, 3.63) is 23.1 Å². The lowest BCUT2D eigenvalue weighted by Gasteiger charge is -2.02. The number of fused-ring (bicyclic) bond motifs is 1. The molecule has 0 aliphatic carbocycles. The SMILES string of the molecule is COc1cc(C)c2c(S)csc2c1. The molecule has 0 bridgehead atoms. The summed E-state index contributed by atoms with van der Waals surface area (Å²) in [6.45, 7) is 2.08. The van der Waals surface area contributed by atoms with Crippen LogP contribution >= 0.6 is 24.0 Å². The van der Waals surface area contributed by atoms with Crippen molar-refractivity contribution in [2.45, 2.75) is 11.8 Å². The fourth-order valence-electron chi connectivity index (χ4n) is 1.44. The number of aryl methyl sites for hydroxylation is 1. The second kappa shape index (κ2) is 3.24. The van der Waals surface area contributed by atoms with Gasteiger partial charge in [0.2, 0.25) is 0 Å². The first-order chi connectivity index (χ1) is 6.22. The number of benzene rings is 1. The molecule has 1 aromatic carbocycles. The molecule has 0 saturated carbocycles. The monoisotopic (exact) mass is 210 g/mol. The van der Waals surface area contributed by atoms with Crippen LogP contribution in [0.25, 0.3) is 10.1 Å². The van der Waals surface area contributed by atoms with Crippen molar-refractivity contribution >= 4 is 34.1 Å². The van der Waals surface area contributed by atoms with Gasteiger partial charge in [-0.3, -0.25) is 0 Å². The van der Waals surface area contributed by atoms with E-state index in [1.54, 1.807) is 18.4 Å². The van der Waals surface area contributed by atoms with Crippen molar-refractivity contribution in [1.29, 1.82) is 0 Å². The second-order valence-corrected chi connectivity index (χ2v) is 4.33. The third-order valence-corrected chi connectivity index (χ3v) is 3.52. The Morgan fingerprint density at radius 3 is 2.85 bits per heavy atom. The van der Waals surface area contributed by atoms with Gasteiger partial charge in [-0.05, 0) is 24.6 Å². The van der Waals surface area contributed by atoms with Crippen molar-refractivity contribution in [1.82, 2.24) is 0 Å². The molecule has 0 saturated heterocycles. The molecule has 0 amide bonds. The van der Waals surface area contributed by atoms with Gasteiger partial charge < -0.3 is 4.74 Å². The molecule has 1 nitrogen and oxygen atoms in total. The summed E-state index contributed by atoms with van der Waals surface area (Å²) >= 11 is 6.11. The van der Waals surface area contributed by atoms with E-state index in [2.05, 4.69) is 24.9 Å². The van der Waals surface area contributed by atoms with E-state index >= 15 is 0 Å². The van der Waals surface area contributed by atoms with Crippen molar-refractivity contribution in [2.24, 2.45) is 0 Å². The van der Waals surface area contributed by atoms with E-state index in [1.165, 1.54) is 15.6 Å². The van der Waals surface area contributed by atoms with Gasteiger partial charge in [0.25, 0.3) is 0 Å². The Morgan fingerprint density at radius 1 is 1.38 bits per heavy atom. The van der Waals surface area contributed by atoms with Crippen LogP contribution in [0.3, 0.4) is 0 Å². The van der Waals surface area contributed by atoms with Gasteiger partial charge in [-0.1, -0.05) is 0 Å². The molecule has 1 aromatic heterocycles. The van der Waals surface area contributed by atoms with Crippen LogP contribution in [0.1, 0.15) is 5.56 Å². The fraction of sp³-hybridized carbons (Fsp3) is 0.200. The first-order valence-corrected chi connectivity index (χ1v) is 5.30. The zero-order valence-electron chi connectivity index (χ0n) is 7.50. The highest BCUT2D eigenvalue weighted by Crippen LogP contribution is 2.34. The molecule has 0 aliphatic heterocycles. The summed E-state index contributed by atoms with van der Waals surface area (Å²) in [5.41, 5.74) is 1.22. The van der Waals surface area contributed by atoms with Crippen molar-refractivity contribution in [3.63, 3.8) is 0 Å². The summed E-state index contributed by atoms with van der Waals surface area (Å²) in [6.07, 6.45) is 0. The molecule has 0 N–H and O–H groups in total. The Balaban J connectivity index is 2.79. The highest BCUT2D eigenvalue weighted by molar-refractivity contribution is 7.80. The normalized spacial score (nSPS) is 10.7. The molecule has 0 fully saturated rings. The van der Waals surface area contributed by atoms with Crippen LogP contribution in [0, 0.1) is 6.92 Å². The number of methoxy groups -OCH3 is 1. The summed E-state index contributed by atoms with van der Waals surface area (Å²) in [6, 6.07) is 4.08. The van der Waals surface area contributed by atoms with Crippen molar-refractivity contribution < 1.29 is 4.74 Å². The van der Waals surface area contributed by atoms with E-state index in [0.717, 1.165) is 10.6 Å². The summed E-state index contributed by atoms with van der Waals surface area (Å²) in [5, 5.41) is 3.30. The molecule has 0 aliphatic rings. The average Bonchev–Trinajstić information content (AvgIpc) is 2.48. The van der Waals surface area contributed by atoms with Gasteiger partial charge in [0.15, 0.2) is 0 Å². The minimum absolute atomic E-state index is 0.917. The number of thiol groups is 1. The molecule has 68 valence electrons. The third-order valence-electron chi connectivity index (χ3n) is 2.06. The van der Waals surface area contributed by atoms with Crippen LogP contribution in [0.2, 0.25) is 0 Å². The Kier molecular flexibility index (Phi) is 2.22. The molecule has 2 rings (SSSR count). The number of ether oxygens (including phenoxy) is 1. The van der Waals surface area contributed by atoms with Crippen LogP contribution in [-0.4, -0.2) is 7.11 Å². The summed E-state index contributed by atoms with van der Waals surface area (Å²) in [5.74, 6) is 0.917. The topological polar surface area (TPSA) is 9.23 Å². The lowest BCUT2D eigenvalue weighted by molar-refractivity contribution is 0.415. The Labute approximate surface area is 86.8 Å². The Morgan fingerprint density at radius 2 is 2.15 bits per heavy atom. The molecule has 0 atom stereocenters. The van der Waals surface area contributed by atoms with Gasteiger partial charge in [-0.25, -0.2) is 0 Å². The van der Waals surface area contributed by atoms with Gasteiger partial charge in [0.05, 0.1) is 7.11 Å². The van der Waals surface area contributed by atoms with Gasteiger partial charge >= 0.3 is 0 Å². The third kappa shape index (κ3) is 1.42. The number of rotatable bonds is 1. The minimum atomic E-state index is 0.917. The van der Waals surface area contributed by atoms with Crippen LogP contribution in [0.15, 0.2) is 22.4 Å². The maximum atomic E-state index is 5.19. The molecule has 0 spiro atoms. The van der Waals surface area contributed by atoms with Gasteiger partial charge in [0.1, 0.15) is 5.75 Å². The van der Waals surface area contributed by atoms with Crippen LogP contribution in [0.5, 0.6) is 5.75 Å². The maximum absolute atomic E-state index is 5.19. The predicted octanol–water partition coefficient (Wildman–Crippen LogP) is 3.51. The summed E-state index contributed by atoms with van der Waals surface area (Å²) < 4.78 is 6.43. The van der Waals surface area contributed by atoms with Gasteiger partial charge in [-0.15, -0.1) is 24.0 Å². The largest absolute Gasteiger partial charge is 0.497 e. The fourth-order valence-corrected chi connectivity index (χ4v) is 2.90. The second-order valence-electron chi connectivity index (χ2n) is 2.94. The van der Waals surface area contributed by atoms with Gasteiger partial charge in [0, 0.05) is 20.4 Å². The van der Waals surface area contributed by atoms with Crippen molar-refractivity contribution in [3.8, 4) is 5.75 Å². The van der Waals surface area contributed by atoms with Crippen molar-refractivity contribution in [2.75, 3.05) is 7.11 Å². The summed E-state index contributed by atoms with van der Waals surface area (Å²) in [4.78, 5) is 1.06. The zero-order chi connectivity index (χ0) is 9.42. The Hall–Kier alpha value is -0.670. The first kappa shape index (κ1) is 8.91. The van der Waals surface area contributed by atoms with E-state index in [-0.39, 0.29) is 0 Å². The lowest BCUT2D eigenvalue weighted by atomic mass is 10.1. The molecular weight excluding hydrogens is 200 g/mol. The predicted molar refractivity (Wildman–Crippen MR) is 60.4 cm³/mol. The lowest BCUT2D eigenvalue weighted by Crippen LogP contribution is -1.83. The van der Waals surface area contributed by atoms with E-state index in [1.807, 2.05) is 12.1 Å². The molecule has 0 unspecified atom stereocenters. The average molecular weight is 210 g/mol. The number of hydrogen-bond acceptors (Lipinski definition) is 3. The molecule has 1 heterocycles. The molecule has 2 aromatic rings. The van der Waals surface area contributed by atoms with E-state index in [0.29, 0.717) is 0 Å². The number of hydrogen-bond donors (Lipinski definition) is 1. The van der Waals surface area contributed by atoms with Crippen LogP contribution < -0.4 is 4.74 Å². The highest BCUT2D eigenvalue weighted by atomic mass is 32.1. The highest BCUT2D eigenvalue weighted by Gasteiger charge is 2.05. The van der Waals surface area contributed by atoms with Crippen LogP contribution in [-0.2, 0) is 0 Å². The maximum Gasteiger partial charge on any atom is 0.120 e. The molecular formula is C10H10OS2. The van der Waals surface area contributed by atoms with E-state index < -0.39 is 0 Å². The van der Waals surface area contributed by atoms with E-state index in [9.17, 15) is 0 Å². The minimum Gasteiger partial charge on any atom is -0.497 e. The molecule has 13 heavy (non-hydrogen) atoms. The number of thiophene rings is 1. The summed E-state index contributed by atoms with van der Waals surface area (Å²) in [7, 11) is 1.69. The molecule has 3 heteroatoms. The van der Waals surface area contributed by atoms with E-state index in [4.69, 9.17) is 4.74 Å². The zero-order valence-corrected chi connectivity index (χ0v) is 9.21. The quantitative estimate of drug-likeness (QED) is 0.709.